The molecule has 2 aromatic heterocycles. The lowest BCUT2D eigenvalue weighted by Crippen LogP contribution is -2.10. The summed E-state index contributed by atoms with van der Waals surface area (Å²) in [4.78, 5) is 2.42. The van der Waals surface area contributed by atoms with Gasteiger partial charge in [0.25, 0.3) is 0 Å². The van der Waals surface area contributed by atoms with Gasteiger partial charge in [-0.05, 0) is 134 Å². The number of fused-ring (bicyclic) bond motifs is 8. The maximum atomic E-state index is 2.42. The van der Waals surface area contributed by atoms with Crippen molar-refractivity contribution < 1.29 is 0 Å². The Morgan fingerprint density at radius 2 is 0.676 bits per heavy atom. The summed E-state index contributed by atoms with van der Waals surface area (Å²) in [5.41, 5.74) is 17.6. The summed E-state index contributed by atoms with van der Waals surface area (Å²) in [6.07, 6.45) is 0. The molecule has 0 bridgehead atoms. The van der Waals surface area contributed by atoms with Gasteiger partial charge in [0.1, 0.15) is 0 Å². The van der Waals surface area contributed by atoms with Crippen LogP contribution in [0, 0.1) is 0 Å². The Kier molecular flexibility index (Phi) is 9.53. The fourth-order valence-corrected chi connectivity index (χ4v) is 11.2. The molecule has 0 fully saturated rings. The normalized spacial score (nSPS) is 11.7. The maximum Gasteiger partial charge on any atom is 0.0541 e. The second-order valence-corrected chi connectivity index (χ2v) is 18.5. The molecule has 12 aromatic carbocycles. The predicted octanol–water partition coefficient (Wildman–Crippen LogP) is 18.7. The molecular weight excluding hydrogens is 859 g/mol. The van der Waals surface area contributed by atoms with Crippen molar-refractivity contribution in [3.8, 4) is 44.8 Å². The van der Waals surface area contributed by atoms with Crippen LogP contribution in [0.25, 0.3) is 110 Å². The molecule has 2 heterocycles. The Morgan fingerprint density at radius 3 is 1.31 bits per heavy atom. The van der Waals surface area contributed by atoms with E-state index < -0.39 is 0 Å². The van der Waals surface area contributed by atoms with Gasteiger partial charge >= 0.3 is 0 Å². The van der Waals surface area contributed by atoms with Gasteiger partial charge < -0.3 is 14.0 Å². The molecule has 0 saturated carbocycles. The summed E-state index contributed by atoms with van der Waals surface area (Å²) in [6, 6.07) is 99.7. The van der Waals surface area contributed by atoms with Crippen LogP contribution >= 0.6 is 0 Å². The number of para-hydroxylation sites is 4. The minimum absolute atomic E-state index is 1.08. The SMILES string of the molecule is c1ccc(-n2c3ccccc3c3cc(-c4ccc(N(c5ccc(-c6ccc(-n7c8ccccc8c8ccccc87)cc6)cc5)c5ccc(-c6cccc7ccccc67)cc5)c5ccccc45)ccc32)cc1. The van der Waals surface area contributed by atoms with Crippen LogP contribution in [0.3, 0.4) is 0 Å². The van der Waals surface area contributed by atoms with Gasteiger partial charge in [0.05, 0.1) is 27.8 Å². The van der Waals surface area contributed by atoms with Crippen LogP contribution < -0.4 is 4.90 Å². The Labute approximate surface area is 412 Å². The van der Waals surface area contributed by atoms with Crippen LogP contribution in [0.5, 0.6) is 0 Å². The molecule has 0 aliphatic heterocycles. The van der Waals surface area contributed by atoms with Gasteiger partial charge in [-0.3, -0.25) is 0 Å². The first-order valence-electron chi connectivity index (χ1n) is 24.4. The first-order chi connectivity index (χ1) is 35.2. The van der Waals surface area contributed by atoms with E-state index in [1.165, 1.54) is 93.0 Å². The van der Waals surface area contributed by atoms with Crippen molar-refractivity contribution in [2.75, 3.05) is 4.90 Å². The van der Waals surface area contributed by atoms with Crippen LogP contribution in [-0.2, 0) is 0 Å². The van der Waals surface area contributed by atoms with Gasteiger partial charge in [-0.2, -0.15) is 0 Å². The van der Waals surface area contributed by atoms with Crippen molar-refractivity contribution in [3.05, 3.63) is 273 Å². The van der Waals surface area contributed by atoms with Crippen molar-refractivity contribution in [1.29, 1.82) is 0 Å². The van der Waals surface area contributed by atoms with Gasteiger partial charge in [-0.15, -0.1) is 0 Å². The van der Waals surface area contributed by atoms with E-state index in [0.717, 1.165) is 34.0 Å². The zero-order valence-corrected chi connectivity index (χ0v) is 38.8. The van der Waals surface area contributed by atoms with Crippen LogP contribution in [-0.4, -0.2) is 9.13 Å². The summed E-state index contributed by atoms with van der Waals surface area (Å²) in [6.45, 7) is 0. The molecule has 332 valence electrons. The number of anilines is 3. The predicted molar refractivity (Wildman–Crippen MR) is 301 cm³/mol. The minimum atomic E-state index is 1.08. The summed E-state index contributed by atoms with van der Waals surface area (Å²) in [5.74, 6) is 0. The van der Waals surface area contributed by atoms with Crippen molar-refractivity contribution in [2.45, 2.75) is 0 Å². The summed E-state index contributed by atoms with van der Waals surface area (Å²) < 4.78 is 4.76. The number of benzene rings is 12. The third kappa shape index (κ3) is 6.74. The average Bonchev–Trinajstić information content (AvgIpc) is 3.96. The van der Waals surface area contributed by atoms with Gasteiger partial charge in [0.2, 0.25) is 0 Å². The summed E-state index contributed by atoms with van der Waals surface area (Å²) in [5, 5.41) is 9.89. The van der Waals surface area contributed by atoms with E-state index in [1.807, 2.05) is 0 Å². The number of rotatable bonds is 8. The fourth-order valence-electron chi connectivity index (χ4n) is 11.2. The molecule has 0 saturated heterocycles. The number of hydrogen-bond donors (Lipinski definition) is 0. The second kappa shape index (κ2) is 16.7. The van der Waals surface area contributed by atoms with Gasteiger partial charge in [0.15, 0.2) is 0 Å². The van der Waals surface area contributed by atoms with E-state index in [9.17, 15) is 0 Å². The molecule has 0 unspecified atom stereocenters. The molecular formula is C68H45N3. The van der Waals surface area contributed by atoms with E-state index in [4.69, 9.17) is 0 Å². The Hall–Kier alpha value is -9.44. The van der Waals surface area contributed by atoms with Crippen LogP contribution in [0.4, 0.5) is 17.1 Å². The number of hydrogen-bond acceptors (Lipinski definition) is 1. The lowest BCUT2D eigenvalue weighted by molar-refractivity contribution is 1.18. The molecule has 0 N–H and O–H groups in total. The second-order valence-electron chi connectivity index (χ2n) is 18.5. The highest BCUT2D eigenvalue weighted by Gasteiger charge is 2.20. The first kappa shape index (κ1) is 40.6. The quantitative estimate of drug-likeness (QED) is 0.148. The molecule has 0 atom stereocenters. The molecule has 14 rings (SSSR count). The number of aromatic nitrogens is 2. The first-order valence-corrected chi connectivity index (χ1v) is 24.4. The third-order valence-corrected chi connectivity index (χ3v) is 14.5. The highest BCUT2D eigenvalue weighted by molar-refractivity contribution is 6.13. The molecule has 0 spiro atoms. The minimum Gasteiger partial charge on any atom is -0.310 e. The van der Waals surface area contributed by atoms with E-state index in [2.05, 4.69) is 287 Å². The van der Waals surface area contributed by atoms with Crippen molar-refractivity contribution in [1.82, 2.24) is 9.13 Å². The van der Waals surface area contributed by atoms with Crippen LogP contribution in [0.1, 0.15) is 0 Å². The summed E-state index contributed by atoms with van der Waals surface area (Å²) >= 11 is 0. The van der Waals surface area contributed by atoms with Crippen LogP contribution in [0.15, 0.2) is 273 Å². The van der Waals surface area contributed by atoms with E-state index in [0.29, 0.717) is 0 Å². The smallest absolute Gasteiger partial charge is 0.0541 e. The lowest BCUT2D eigenvalue weighted by Gasteiger charge is -2.28. The van der Waals surface area contributed by atoms with Crippen molar-refractivity contribution >= 4 is 82.2 Å². The Bertz CT molecular complexity index is 4250. The van der Waals surface area contributed by atoms with E-state index in [-0.39, 0.29) is 0 Å². The highest BCUT2D eigenvalue weighted by atomic mass is 15.1. The molecule has 0 aliphatic carbocycles. The molecule has 14 aromatic rings. The molecule has 3 nitrogen and oxygen atoms in total. The van der Waals surface area contributed by atoms with Crippen molar-refractivity contribution in [3.63, 3.8) is 0 Å². The summed E-state index contributed by atoms with van der Waals surface area (Å²) in [7, 11) is 0. The lowest BCUT2D eigenvalue weighted by atomic mass is 9.95. The fraction of sp³-hybridized carbons (Fsp3) is 0. The maximum absolute atomic E-state index is 2.42. The topological polar surface area (TPSA) is 13.1 Å². The third-order valence-electron chi connectivity index (χ3n) is 14.5. The molecule has 3 heteroatoms. The molecule has 0 radical (unpaired) electrons. The van der Waals surface area contributed by atoms with Gasteiger partial charge in [0, 0.05) is 49.7 Å². The van der Waals surface area contributed by atoms with Crippen LogP contribution in [0.2, 0.25) is 0 Å². The monoisotopic (exact) mass is 903 g/mol. The van der Waals surface area contributed by atoms with E-state index in [1.54, 1.807) is 0 Å². The zero-order valence-electron chi connectivity index (χ0n) is 38.8. The largest absolute Gasteiger partial charge is 0.310 e. The Balaban J connectivity index is 0.877. The molecule has 0 aliphatic rings. The van der Waals surface area contributed by atoms with E-state index >= 15 is 0 Å². The average molecular weight is 904 g/mol. The van der Waals surface area contributed by atoms with Gasteiger partial charge in [-0.25, -0.2) is 0 Å². The molecule has 71 heavy (non-hydrogen) atoms. The zero-order chi connectivity index (χ0) is 46.8. The standard InChI is InChI=1S/C68H45N3/c1-2-17-51(18-3-1)70-66-28-13-10-24-62(66)63-45-50(35-43-68(63)70)57-42-44-67(59-21-7-6-20-58(57)59)69(53-40-33-49(34-41-53)56-25-14-16-48-15-4-5-19-55(48)56)52-36-29-46(30-37-52)47-31-38-54(39-32-47)71-64-26-11-8-22-60(64)61-23-9-12-27-65(61)71/h1-45H. The molecule has 0 amide bonds. The van der Waals surface area contributed by atoms with Crippen molar-refractivity contribution in [2.24, 2.45) is 0 Å². The highest BCUT2D eigenvalue weighted by Crippen LogP contribution is 2.45. The van der Waals surface area contributed by atoms with Gasteiger partial charge in [-0.1, -0.05) is 188 Å². The number of nitrogens with zero attached hydrogens (tertiary/aromatic N) is 3. The Morgan fingerprint density at radius 1 is 0.239 bits per heavy atom.